The van der Waals surface area contributed by atoms with Gasteiger partial charge in [0.05, 0.1) is 0 Å². The first-order valence-corrected chi connectivity index (χ1v) is 7.49. The molecule has 2 atom stereocenters. The molecule has 19 heavy (non-hydrogen) atoms. The molecular formula is C16H26N2O. The Morgan fingerprint density at radius 2 is 1.16 bits per heavy atom. The zero-order valence-corrected chi connectivity index (χ0v) is 12.6. The summed E-state index contributed by atoms with van der Waals surface area (Å²) in [5, 5.41) is 0. The number of hydrogen-bond acceptors (Lipinski definition) is 3. The van der Waals surface area contributed by atoms with E-state index in [2.05, 4.69) is 61.8 Å². The molecule has 0 bridgehead atoms. The molecule has 1 aromatic carbocycles. The Morgan fingerprint density at radius 3 is 1.47 bits per heavy atom. The summed E-state index contributed by atoms with van der Waals surface area (Å²) >= 11 is 0. The summed E-state index contributed by atoms with van der Waals surface area (Å²) < 4.78 is 6.37. The number of ether oxygens (including phenoxy) is 1. The van der Waals surface area contributed by atoms with Gasteiger partial charge in [0.15, 0.2) is 0 Å². The Bertz CT molecular complexity index is 362. The second-order valence-corrected chi connectivity index (χ2v) is 4.91. The average molecular weight is 262 g/mol. The molecule has 0 aromatic heterocycles. The molecule has 0 radical (unpaired) electrons. The van der Waals surface area contributed by atoms with Gasteiger partial charge in [-0.1, -0.05) is 52.0 Å². The van der Waals surface area contributed by atoms with Crippen molar-refractivity contribution >= 4 is 0 Å². The summed E-state index contributed by atoms with van der Waals surface area (Å²) in [5.74, 6) is 0. The molecule has 0 fully saturated rings. The number of hydrogen-bond donors (Lipinski definition) is 0. The molecule has 1 aliphatic heterocycles. The number of rotatable bonds is 6. The maximum Gasteiger partial charge on any atom is 0.139 e. The largest absolute Gasteiger partial charge is 0.336 e. The minimum atomic E-state index is 0.108. The van der Waals surface area contributed by atoms with Crippen molar-refractivity contribution in [3.8, 4) is 0 Å². The summed E-state index contributed by atoms with van der Waals surface area (Å²) in [6, 6.07) is 8.65. The summed E-state index contributed by atoms with van der Waals surface area (Å²) in [6.45, 7) is 12.8. The van der Waals surface area contributed by atoms with Gasteiger partial charge in [-0.25, -0.2) is 0 Å². The minimum absolute atomic E-state index is 0.108. The lowest BCUT2D eigenvalue weighted by Crippen LogP contribution is -2.32. The van der Waals surface area contributed by atoms with Crippen LogP contribution in [0.2, 0.25) is 0 Å². The van der Waals surface area contributed by atoms with Gasteiger partial charge in [-0.2, -0.15) is 0 Å². The van der Waals surface area contributed by atoms with Gasteiger partial charge in [-0.3, -0.25) is 9.80 Å². The van der Waals surface area contributed by atoms with E-state index in [4.69, 9.17) is 4.74 Å². The Morgan fingerprint density at radius 1 is 0.789 bits per heavy atom. The lowest BCUT2D eigenvalue weighted by Gasteiger charge is -2.30. The van der Waals surface area contributed by atoms with Crippen molar-refractivity contribution < 1.29 is 4.74 Å². The monoisotopic (exact) mass is 262 g/mol. The molecule has 0 saturated carbocycles. The van der Waals surface area contributed by atoms with E-state index < -0.39 is 0 Å². The first-order valence-electron chi connectivity index (χ1n) is 7.49. The van der Waals surface area contributed by atoms with Crippen LogP contribution in [0.4, 0.5) is 0 Å². The molecule has 0 N–H and O–H groups in total. The summed E-state index contributed by atoms with van der Waals surface area (Å²) in [4.78, 5) is 4.75. The Balaban J connectivity index is 2.32. The van der Waals surface area contributed by atoms with Crippen LogP contribution in [-0.2, 0) is 4.74 Å². The molecule has 1 aromatic rings. The molecule has 1 aliphatic rings. The predicted octanol–water partition coefficient (Wildman–Crippen LogP) is 3.40. The normalized spacial score (nSPS) is 22.2. The maximum absolute atomic E-state index is 6.37. The predicted molar refractivity (Wildman–Crippen MR) is 78.9 cm³/mol. The fraction of sp³-hybridized carbons (Fsp3) is 0.625. The quantitative estimate of drug-likeness (QED) is 0.781. The highest BCUT2D eigenvalue weighted by Gasteiger charge is 2.36. The van der Waals surface area contributed by atoms with Crippen LogP contribution in [0.5, 0.6) is 0 Å². The van der Waals surface area contributed by atoms with Crippen LogP contribution in [0.15, 0.2) is 24.3 Å². The molecule has 0 aliphatic carbocycles. The van der Waals surface area contributed by atoms with Crippen molar-refractivity contribution in [2.45, 2.75) is 40.2 Å². The van der Waals surface area contributed by atoms with Crippen molar-refractivity contribution in [1.29, 1.82) is 0 Å². The average Bonchev–Trinajstić information content (AvgIpc) is 2.82. The molecule has 0 amide bonds. The highest BCUT2D eigenvalue weighted by Crippen LogP contribution is 2.42. The van der Waals surface area contributed by atoms with Crippen molar-refractivity contribution in [3.05, 3.63) is 35.4 Å². The molecule has 2 rings (SSSR count). The lowest BCUT2D eigenvalue weighted by atomic mass is 10.1. The van der Waals surface area contributed by atoms with E-state index in [9.17, 15) is 0 Å². The minimum Gasteiger partial charge on any atom is -0.336 e. The van der Waals surface area contributed by atoms with E-state index in [1.54, 1.807) is 0 Å². The van der Waals surface area contributed by atoms with E-state index in [1.807, 2.05) is 0 Å². The Kier molecular flexibility index (Phi) is 4.97. The van der Waals surface area contributed by atoms with Crippen molar-refractivity contribution in [1.82, 2.24) is 9.80 Å². The van der Waals surface area contributed by atoms with Gasteiger partial charge in [0, 0.05) is 11.1 Å². The zero-order valence-electron chi connectivity index (χ0n) is 12.6. The summed E-state index contributed by atoms with van der Waals surface area (Å²) in [6.07, 6.45) is 0.216. The van der Waals surface area contributed by atoms with Crippen LogP contribution >= 0.6 is 0 Å². The Hall–Kier alpha value is -0.900. The molecule has 3 nitrogen and oxygen atoms in total. The molecule has 0 saturated heterocycles. The summed E-state index contributed by atoms with van der Waals surface area (Å²) in [7, 11) is 0. The van der Waals surface area contributed by atoms with Crippen molar-refractivity contribution in [3.63, 3.8) is 0 Å². The second kappa shape index (κ2) is 6.51. The third kappa shape index (κ3) is 2.69. The van der Waals surface area contributed by atoms with Gasteiger partial charge in [0.2, 0.25) is 0 Å². The molecule has 3 heteroatoms. The van der Waals surface area contributed by atoms with Crippen LogP contribution in [0, 0.1) is 0 Å². The van der Waals surface area contributed by atoms with Crippen molar-refractivity contribution in [2.75, 3.05) is 26.2 Å². The second-order valence-electron chi connectivity index (χ2n) is 4.91. The molecule has 0 spiro atoms. The topological polar surface area (TPSA) is 15.7 Å². The van der Waals surface area contributed by atoms with Gasteiger partial charge in [-0.15, -0.1) is 0 Å². The van der Waals surface area contributed by atoms with E-state index in [0.717, 1.165) is 26.2 Å². The first kappa shape index (κ1) is 14.5. The molecule has 106 valence electrons. The number of benzene rings is 1. The maximum atomic E-state index is 6.37. The highest BCUT2D eigenvalue weighted by molar-refractivity contribution is 5.34. The first-order chi connectivity index (χ1) is 9.26. The van der Waals surface area contributed by atoms with Crippen LogP contribution in [0.25, 0.3) is 0 Å². The van der Waals surface area contributed by atoms with Crippen molar-refractivity contribution in [2.24, 2.45) is 0 Å². The third-order valence-electron chi connectivity index (χ3n) is 4.07. The van der Waals surface area contributed by atoms with E-state index >= 15 is 0 Å². The van der Waals surface area contributed by atoms with Gasteiger partial charge in [0.25, 0.3) is 0 Å². The molecule has 2 unspecified atom stereocenters. The fourth-order valence-electron chi connectivity index (χ4n) is 2.91. The standard InChI is InChI=1S/C16H26N2O/c1-5-17(6-2)15-13-11-9-10-12-14(13)16(19-15)18(7-3)8-4/h9-12,15-16H,5-8H2,1-4H3. The lowest BCUT2D eigenvalue weighted by molar-refractivity contribution is -0.136. The van der Waals surface area contributed by atoms with Gasteiger partial charge in [-0.05, 0) is 26.2 Å². The van der Waals surface area contributed by atoms with E-state index in [-0.39, 0.29) is 12.5 Å². The molecular weight excluding hydrogens is 236 g/mol. The molecule has 1 heterocycles. The highest BCUT2D eigenvalue weighted by atomic mass is 16.5. The van der Waals surface area contributed by atoms with E-state index in [0.29, 0.717) is 0 Å². The van der Waals surface area contributed by atoms with Crippen LogP contribution in [0.1, 0.15) is 51.3 Å². The van der Waals surface area contributed by atoms with Crippen LogP contribution in [-0.4, -0.2) is 36.0 Å². The smallest absolute Gasteiger partial charge is 0.139 e. The SMILES string of the molecule is CCN(CC)C1OC(N(CC)CC)c2ccccc21. The Labute approximate surface area is 117 Å². The van der Waals surface area contributed by atoms with Crippen LogP contribution in [0.3, 0.4) is 0 Å². The zero-order chi connectivity index (χ0) is 13.8. The van der Waals surface area contributed by atoms with E-state index in [1.165, 1.54) is 11.1 Å². The third-order valence-corrected chi connectivity index (χ3v) is 4.07. The van der Waals surface area contributed by atoms with Crippen LogP contribution < -0.4 is 0 Å². The number of nitrogens with zero attached hydrogens (tertiary/aromatic N) is 2. The van der Waals surface area contributed by atoms with Gasteiger partial charge < -0.3 is 4.74 Å². The summed E-state index contributed by atoms with van der Waals surface area (Å²) in [5.41, 5.74) is 2.67. The van der Waals surface area contributed by atoms with Gasteiger partial charge >= 0.3 is 0 Å². The number of fused-ring (bicyclic) bond motifs is 1. The fourth-order valence-corrected chi connectivity index (χ4v) is 2.91. The van der Waals surface area contributed by atoms with Gasteiger partial charge in [0.1, 0.15) is 12.5 Å².